The lowest BCUT2D eigenvalue weighted by Crippen LogP contribution is -2.30. The van der Waals surface area contributed by atoms with Gasteiger partial charge in [-0.3, -0.25) is 0 Å². The van der Waals surface area contributed by atoms with Crippen molar-refractivity contribution in [3.63, 3.8) is 0 Å². The molecule has 0 bridgehead atoms. The first-order chi connectivity index (χ1) is 8.83. The smallest absolute Gasteiger partial charge is 0.319 e. The molecule has 0 spiro atoms. The number of halogens is 1. The lowest BCUT2D eigenvalue weighted by Gasteiger charge is -2.21. The summed E-state index contributed by atoms with van der Waals surface area (Å²) in [5.74, 6) is -0.306. The Kier molecular flexibility index (Phi) is 3.64. The second-order valence-electron chi connectivity index (χ2n) is 5.73. The van der Waals surface area contributed by atoms with E-state index in [-0.39, 0.29) is 17.8 Å². The number of hydrogen-bond acceptors (Lipinski definition) is 2. The summed E-state index contributed by atoms with van der Waals surface area (Å²) in [5.41, 5.74) is -0.0454. The van der Waals surface area contributed by atoms with Gasteiger partial charge < -0.3 is 15.4 Å². The number of benzene rings is 1. The molecule has 0 heterocycles. The molecule has 1 fully saturated rings. The molecule has 0 saturated heterocycles. The van der Waals surface area contributed by atoms with Gasteiger partial charge in [0, 0.05) is 17.8 Å². The van der Waals surface area contributed by atoms with Crippen LogP contribution in [0.2, 0.25) is 0 Å². The van der Waals surface area contributed by atoms with E-state index in [9.17, 15) is 9.18 Å². The van der Waals surface area contributed by atoms with E-state index in [1.54, 1.807) is 6.07 Å². The lowest BCUT2D eigenvalue weighted by atomic mass is 10.2. The fraction of sp³-hybridized carbons (Fsp3) is 0.500. The van der Waals surface area contributed by atoms with Gasteiger partial charge in [0.15, 0.2) is 11.6 Å². The number of rotatable bonds is 3. The number of hydrogen-bond donors (Lipinski definition) is 2. The van der Waals surface area contributed by atoms with Crippen molar-refractivity contribution in [3.05, 3.63) is 24.0 Å². The first-order valence-corrected chi connectivity index (χ1v) is 6.39. The minimum absolute atomic E-state index is 0.181. The Labute approximate surface area is 112 Å². The second-order valence-corrected chi connectivity index (χ2v) is 5.73. The summed E-state index contributed by atoms with van der Waals surface area (Å²) in [6.45, 7) is 5.55. The van der Waals surface area contributed by atoms with Crippen molar-refractivity contribution in [1.29, 1.82) is 0 Å². The fourth-order valence-corrected chi connectivity index (χ4v) is 1.57. The van der Waals surface area contributed by atoms with Crippen LogP contribution in [0.1, 0.15) is 33.6 Å². The van der Waals surface area contributed by atoms with Crippen LogP contribution in [-0.4, -0.2) is 17.7 Å². The van der Waals surface area contributed by atoms with Crippen molar-refractivity contribution in [2.24, 2.45) is 0 Å². The highest BCUT2D eigenvalue weighted by Gasteiger charge is 2.23. The number of nitrogens with one attached hydrogen (secondary N) is 2. The van der Waals surface area contributed by atoms with Gasteiger partial charge in [-0.1, -0.05) is 0 Å². The Bertz CT molecular complexity index is 479. The third-order valence-electron chi connectivity index (χ3n) is 2.52. The van der Waals surface area contributed by atoms with Gasteiger partial charge in [-0.2, -0.15) is 0 Å². The molecule has 2 amide bonds. The fourth-order valence-electron chi connectivity index (χ4n) is 1.57. The number of carbonyl (C=O) groups is 1. The SMILES string of the molecule is CC(C)(C)Oc1ccc(NC(=O)NC2CC2)cc1F. The van der Waals surface area contributed by atoms with Gasteiger partial charge in [0.2, 0.25) is 0 Å². The van der Waals surface area contributed by atoms with Crippen LogP contribution >= 0.6 is 0 Å². The first kappa shape index (κ1) is 13.6. The number of carbonyl (C=O) groups excluding carboxylic acids is 1. The van der Waals surface area contributed by atoms with Gasteiger partial charge in [0.1, 0.15) is 5.60 Å². The van der Waals surface area contributed by atoms with Crippen LogP contribution in [0.3, 0.4) is 0 Å². The highest BCUT2D eigenvalue weighted by atomic mass is 19.1. The van der Waals surface area contributed by atoms with Crippen molar-refractivity contribution in [2.75, 3.05) is 5.32 Å². The molecule has 2 N–H and O–H groups in total. The summed E-state index contributed by atoms with van der Waals surface area (Å²) < 4.78 is 19.3. The standard InChI is InChI=1S/C14H19FN2O2/c1-14(2,3)19-12-7-6-10(8-11(12)15)17-13(18)16-9-4-5-9/h6-9H,4-5H2,1-3H3,(H2,16,17,18). The molecule has 19 heavy (non-hydrogen) atoms. The van der Waals surface area contributed by atoms with Gasteiger partial charge in [-0.25, -0.2) is 9.18 Å². The Hall–Kier alpha value is -1.78. The molecule has 0 aliphatic heterocycles. The molecular weight excluding hydrogens is 247 g/mol. The van der Waals surface area contributed by atoms with E-state index < -0.39 is 11.4 Å². The van der Waals surface area contributed by atoms with Crippen LogP contribution in [0.4, 0.5) is 14.9 Å². The molecule has 1 aromatic rings. The maximum atomic E-state index is 13.8. The summed E-state index contributed by atoms with van der Waals surface area (Å²) in [6.07, 6.45) is 2.03. The molecule has 2 rings (SSSR count). The van der Waals surface area contributed by atoms with Gasteiger partial charge in [-0.15, -0.1) is 0 Å². The van der Waals surface area contributed by atoms with Gasteiger partial charge >= 0.3 is 6.03 Å². The van der Waals surface area contributed by atoms with Crippen LogP contribution in [0.15, 0.2) is 18.2 Å². The molecule has 4 nitrogen and oxygen atoms in total. The van der Waals surface area contributed by atoms with E-state index >= 15 is 0 Å². The maximum Gasteiger partial charge on any atom is 0.319 e. The molecule has 0 atom stereocenters. The molecule has 5 heteroatoms. The van der Waals surface area contributed by atoms with Crippen LogP contribution in [0.5, 0.6) is 5.75 Å². The second kappa shape index (κ2) is 5.07. The number of ether oxygens (including phenoxy) is 1. The van der Waals surface area contributed by atoms with Crippen LogP contribution < -0.4 is 15.4 Å². The molecule has 1 saturated carbocycles. The third kappa shape index (κ3) is 4.43. The summed E-state index contributed by atoms with van der Waals surface area (Å²) in [5, 5.41) is 5.37. The molecular formula is C14H19FN2O2. The zero-order chi connectivity index (χ0) is 14.0. The number of urea groups is 1. The lowest BCUT2D eigenvalue weighted by molar-refractivity contribution is 0.124. The van der Waals surface area contributed by atoms with Gasteiger partial charge in [0.05, 0.1) is 0 Å². The number of anilines is 1. The normalized spacial score (nSPS) is 14.9. The average Bonchev–Trinajstić information content (AvgIpc) is 3.04. The van der Waals surface area contributed by atoms with Crippen LogP contribution in [-0.2, 0) is 0 Å². The minimum atomic E-state index is -0.487. The van der Waals surface area contributed by atoms with Crippen molar-refractivity contribution in [1.82, 2.24) is 5.32 Å². The Balaban J connectivity index is 1.99. The molecule has 0 aromatic heterocycles. The molecule has 1 aromatic carbocycles. The molecule has 0 unspecified atom stereocenters. The summed E-state index contributed by atoms with van der Waals surface area (Å²) in [7, 11) is 0. The quantitative estimate of drug-likeness (QED) is 0.882. The van der Waals surface area contributed by atoms with E-state index in [1.807, 2.05) is 20.8 Å². The largest absolute Gasteiger partial charge is 0.485 e. The zero-order valence-electron chi connectivity index (χ0n) is 11.4. The average molecular weight is 266 g/mol. The minimum Gasteiger partial charge on any atom is -0.485 e. The third-order valence-corrected chi connectivity index (χ3v) is 2.52. The van der Waals surface area contributed by atoms with Crippen molar-refractivity contribution < 1.29 is 13.9 Å². The molecule has 0 radical (unpaired) electrons. The van der Waals surface area contributed by atoms with Gasteiger partial charge in [-0.05, 0) is 45.7 Å². The monoisotopic (exact) mass is 266 g/mol. The van der Waals surface area contributed by atoms with Crippen molar-refractivity contribution >= 4 is 11.7 Å². The predicted octanol–water partition coefficient (Wildman–Crippen LogP) is 3.29. The summed E-state index contributed by atoms with van der Waals surface area (Å²) in [4.78, 5) is 11.5. The predicted molar refractivity (Wildman–Crippen MR) is 72.0 cm³/mol. The Morgan fingerprint density at radius 2 is 2.05 bits per heavy atom. The van der Waals surface area contributed by atoms with E-state index in [2.05, 4.69) is 10.6 Å². The molecule has 1 aliphatic rings. The zero-order valence-corrected chi connectivity index (χ0v) is 11.4. The summed E-state index contributed by atoms with van der Waals surface area (Å²) >= 11 is 0. The Morgan fingerprint density at radius 1 is 1.37 bits per heavy atom. The Morgan fingerprint density at radius 3 is 2.58 bits per heavy atom. The first-order valence-electron chi connectivity index (χ1n) is 6.39. The van der Waals surface area contributed by atoms with Crippen LogP contribution in [0.25, 0.3) is 0 Å². The topological polar surface area (TPSA) is 50.4 Å². The highest BCUT2D eigenvalue weighted by molar-refractivity contribution is 5.89. The van der Waals surface area contributed by atoms with E-state index in [1.165, 1.54) is 12.1 Å². The van der Waals surface area contributed by atoms with Crippen LogP contribution in [0, 0.1) is 5.82 Å². The molecule has 1 aliphatic carbocycles. The van der Waals surface area contributed by atoms with E-state index in [4.69, 9.17) is 4.74 Å². The number of amides is 2. The van der Waals surface area contributed by atoms with Crippen molar-refractivity contribution in [3.8, 4) is 5.75 Å². The highest BCUT2D eigenvalue weighted by Crippen LogP contribution is 2.25. The maximum absolute atomic E-state index is 13.8. The van der Waals surface area contributed by atoms with E-state index in [0.717, 1.165) is 12.8 Å². The molecule has 104 valence electrons. The summed E-state index contributed by atoms with van der Waals surface area (Å²) in [6, 6.07) is 4.37. The van der Waals surface area contributed by atoms with Gasteiger partial charge in [0.25, 0.3) is 0 Å². The van der Waals surface area contributed by atoms with E-state index in [0.29, 0.717) is 5.69 Å². The van der Waals surface area contributed by atoms with Crippen molar-refractivity contribution in [2.45, 2.75) is 45.3 Å².